The van der Waals surface area contributed by atoms with E-state index in [1.54, 1.807) is 0 Å². The van der Waals surface area contributed by atoms with Gasteiger partial charge in [-0.25, -0.2) is 19.4 Å². The number of halogens is 1. The van der Waals surface area contributed by atoms with Gasteiger partial charge in [-0.2, -0.15) is 9.29 Å². The maximum Gasteiger partial charge on any atom is 0.481 e. The molecular formula is C16H20BrN3O12P2. The van der Waals surface area contributed by atoms with Crippen LogP contribution in [0, 0.1) is 0 Å². The molecule has 1 aliphatic rings. The van der Waals surface area contributed by atoms with Crippen molar-refractivity contribution in [1.82, 2.24) is 9.55 Å². The molecule has 6 N–H and O–H groups in total. The molecule has 1 aromatic heterocycles. The second-order valence-electron chi connectivity index (χ2n) is 6.91. The minimum atomic E-state index is -5.34. The monoisotopic (exact) mass is 587 g/mol. The summed E-state index contributed by atoms with van der Waals surface area (Å²) < 4.78 is 37.3. The van der Waals surface area contributed by atoms with Crippen LogP contribution in [0.25, 0.3) is 0 Å². The van der Waals surface area contributed by atoms with Crippen LogP contribution in [0.3, 0.4) is 0 Å². The standard InChI is InChI=1S/C16H20BrN3O12P2/c17-10-3-1-2-9(6-10)7-29-19-12-4-5-20(16(23)18-12)15-14(22)13(21)11(31-15)8-30-34(27,28)32-33(24,25)26/h1-6,11,13-15,21-22H,7-8H2,(H,27,28)(H,18,19,23)(H2,24,25,26). The van der Waals surface area contributed by atoms with Gasteiger partial charge in [0.1, 0.15) is 18.3 Å². The molecule has 5 unspecified atom stereocenters. The predicted molar refractivity (Wildman–Crippen MR) is 116 cm³/mol. The van der Waals surface area contributed by atoms with E-state index in [0.717, 1.165) is 14.6 Å². The number of hydrogen-bond donors (Lipinski definition) is 6. The number of aromatic nitrogens is 2. The Morgan fingerprint density at radius 2 is 1.91 bits per heavy atom. The highest BCUT2D eigenvalue weighted by Gasteiger charge is 2.45. The average molecular weight is 588 g/mol. The van der Waals surface area contributed by atoms with Crippen LogP contribution in [0.4, 0.5) is 5.82 Å². The molecule has 18 heteroatoms. The molecule has 0 radical (unpaired) electrons. The molecule has 5 atom stereocenters. The fraction of sp³-hybridized carbons (Fsp3) is 0.375. The zero-order chi connectivity index (χ0) is 25.1. The Bertz CT molecular complexity index is 1160. The number of benzene rings is 1. The van der Waals surface area contributed by atoms with Crippen LogP contribution in [0.15, 0.2) is 45.8 Å². The molecule has 0 amide bonds. The number of rotatable bonds is 10. The number of nitrogens with one attached hydrogen (secondary N) is 1. The summed E-state index contributed by atoms with van der Waals surface area (Å²) in [5.41, 5.74) is 2.47. The molecule has 0 spiro atoms. The van der Waals surface area contributed by atoms with E-state index in [1.165, 1.54) is 12.3 Å². The third-order valence-corrected chi connectivity index (χ3v) is 7.00. The molecule has 1 saturated heterocycles. The molecule has 0 aliphatic carbocycles. The zero-order valence-electron chi connectivity index (χ0n) is 16.9. The highest BCUT2D eigenvalue weighted by Crippen LogP contribution is 2.57. The SMILES string of the molecule is O=c1nc(NOCc2cccc(Br)c2)ccn1C1OC(COP(=O)(O)OP(=O)(O)O)C(O)C1O. The van der Waals surface area contributed by atoms with E-state index >= 15 is 0 Å². The number of phosphoric acid groups is 2. The first kappa shape index (κ1) is 27.1. The number of anilines is 1. The van der Waals surface area contributed by atoms with Crippen LogP contribution in [0.5, 0.6) is 0 Å². The maximum absolute atomic E-state index is 12.4. The summed E-state index contributed by atoms with van der Waals surface area (Å²) in [7, 11) is -10.5. The van der Waals surface area contributed by atoms with Crippen molar-refractivity contribution in [3.63, 3.8) is 0 Å². The molecule has 0 bridgehead atoms. The topological polar surface area (TPSA) is 219 Å². The van der Waals surface area contributed by atoms with Crippen molar-refractivity contribution in [3.8, 4) is 0 Å². The van der Waals surface area contributed by atoms with Crippen molar-refractivity contribution in [2.75, 3.05) is 12.1 Å². The van der Waals surface area contributed by atoms with Crippen LogP contribution in [-0.4, -0.2) is 59.4 Å². The second-order valence-corrected chi connectivity index (χ2v) is 10.7. The summed E-state index contributed by atoms with van der Waals surface area (Å²) in [6.45, 7) is -0.725. The lowest BCUT2D eigenvalue weighted by Gasteiger charge is -2.18. The van der Waals surface area contributed by atoms with Crippen molar-refractivity contribution in [3.05, 3.63) is 57.0 Å². The lowest BCUT2D eigenvalue weighted by atomic mass is 10.1. The molecule has 15 nitrogen and oxygen atoms in total. The predicted octanol–water partition coefficient (Wildman–Crippen LogP) is 0.395. The molecule has 1 fully saturated rings. The average Bonchev–Trinajstić information content (AvgIpc) is 2.99. The van der Waals surface area contributed by atoms with Crippen LogP contribution >= 0.6 is 31.6 Å². The third kappa shape index (κ3) is 7.49. The van der Waals surface area contributed by atoms with Gasteiger partial charge in [-0.05, 0) is 23.8 Å². The smallest absolute Gasteiger partial charge is 0.387 e. The summed E-state index contributed by atoms with van der Waals surface area (Å²) in [5, 5.41) is 20.3. The zero-order valence-corrected chi connectivity index (χ0v) is 20.3. The molecular weight excluding hydrogens is 568 g/mol. The van der Waals surface area contributed by atoms with E-state index in [1.807, 2.05) is 24.3 Å². The van der Waals surface area contributed by atoms with Gasteiger partial charge in [0.2, 0.25) is 0 Å². The van der Waals surface area contributed by atoms with E-state index in [9.17, 15) is 29.0 Å². The number of phosphoric ester groups is 1. The Morgan fingerprint density at radius 1 is 1.18 bits per heavy atom. The van der Waals surface area contributed by atoms with Gasteiger partial charge >= 0.3 is 21.3 Å². The second kappa shape index (κ2) is 11.0. The fourth-order valence-electron chi connectivity index (χ4n) is 2.91. The molecule has 1 aromatic carbocycles. The number of aliphatic hydroxyl groups excluding tert-OH is 2. The van der Waals surface area contributed by atoms with Crippen molar-refractivity contribution < 1.29 is 52.4 Å². The van der Waals surface area contributed by atoms with E-state index in [2.05, 4.69) is 35.2 Å². The van der Waals surface area contributed by atoms with Crippen molar-refractivity contribution >= 4 is 37.4 Å². The Balaban J connectivity index is 1.60. The van der Waals surface area contributed by atoms with Gasteiger partial charge in [-0.15, -0.1) is 0 Å². The van der Waals surface area contributed by atoms with Gasteiger partial charge < -0.3 is 29.6 Å². The number of nitrogens with zero attached hydrogens (tertiary/aromatic N) is 2. The minimum absolute atomic E-state index is 0.0555. The minimum Gasteiger partial charge on any atom is -0.387 e. The normalized spacial score (nSPS) is 24.6. The molecule has 188 valence electrons. The lowest BCUT2D eigenvalue weighted by Crippen LogP contribution is -2.36. The van der Waals surface area contributed by atoms with Gasteiger partial charge in [0.15, 0.2) is 12.0 Å². The Morgan fingerprint density at radius 3 is 2.56 bits per heavy atom. The Kier molecular flexibility index (Phi) is 8.79. The van der Waals surface area contributed by atoms with Gasteiger partial charge in [0, 0.05) is 10.7 Å². The van der Waals surface area contributed by atoms with Crippen LogP contribution in [0.1, 0.15) is 11.8 Å². The maximum atomic E-state index is 12.4. The quantitative estimate of drug-likeness (QED) is 0.164. The van der Waals surface area contributed by atoms with Crippen LogP contribution < -0.4 is 11.2 Å². The fourth-order valence-corrected chi connectivity index (χ4v) is 4.95. The summed E-state index contributed by atoms with van der Waals surface area (Å²) in [4.78, 5) is 47.9. The summed E-state index contributed by atoms with van der Waals surface area (Å²) in [6.07, 6.45) is -5.03. The summed E-state index contributed by atoms with van der Waals surface area (Å²) in [5.74, 6) is 0.0555. The van der Waals surface area contributed by atoms with Gasteiger partial charge in [0.25, 0.3) is 0 Å². The molecule has 34 heavy (non-hydrogen) atoms. The molecule has 2 heterocycles. The first-order chi connectivity index (χ1) is 15.8. The third-order valence-electron chi connectivity index (χ3n) is 4.36. The Hall–Kier alpha value is -1.52. The highest BCUT2D eigenvalue weighted by atomic mass is 79.9. The van der Waals surface area contributed by atoms with Crippen LogP contribution in [-0.2, 0) is 34.1 Å². The van der Waals surface area contributed by atoms with E-state index in [0.29, 0.717) is 0 Å². The highest BCUT2D eigenvalue weighted by molar-refractivity contribution is 9.10. The number of aliphatic hydroxyl groups is 2. The van der Waals surface area contributed by atoms with Gasteiger partial charge in [-0.3, -0.25) is 13.9 Å². The number of ether oxygens (including phenoxy) is 1. The molecule has 0 saturated carbocycles. The lowest BCUT2D eigenvalue weighted by molar-refractivity contribution is -0.0541. The van der Waals surface area contributed by atoms with Crippen molar-refractivity contribution in [2.24, 2.45) is 0 Å². The number of hydrogen-bond acceptors (Lipinski definition) is 11. The van der Waals surface area contributed by atoms with E-state index in [-0.39, 0.29) is 12.4 Å². The van der Waals surface area contributed by atoms with Crippen LogP contribution in [0.2, 0.25) is 0 Å². The first-order valence-corrected chi connectivity index (χ1v) is 13.1. The van der Waals surface area contributed by atoms with Gasteiger partial charge in [0.05, 0.1) is 13.2 Å². The largest absolute Gasteiger partial charge is 0.481 e. The Labute approximate surface area is 199 Å². The van der Waals surface area contributed by atoms with E-state index in [4.69, 9.17) is 19.4 Å². The summed E-state index contributed by atoms with van der Waals surface area (Å²) in [6, 6.07) is 8.68. The van der Waals surface area contributed by atoms with E-state index < -0.39 is 52.5 Å². The first-order valence-electron chi connectivity index (χ1n) is 9.32. The van der Waals surface area contributed by atoms with Gasteiger partial charge in [-0.1, -0.05) is 28.1 Å². The molecule has 2 aromatic rings. The molecule has 3 rings (SSSR count). The summed E-state index contributed by atoms with van der Waals surface area (Å²) >= 11 is 3.34. The van der Waals surface area contributed by atoms with Crippen molar-refractivity contribution in [1.29, 1.82) is 0 Å². The van der Waals surface area contributed by atoms with Crippen molar-refractivity contribution in [2.45, 2.75) is 31.1 Å². The molecule has 1 aliphatic heterocycles.